The molecule has 37 heavy (non-hydrogen) atoms. The largest absolute Gasteiger partial charge is 0.493 e. The van der Waals surface area contributed by atoms with Gasteiger partial charge in [0.25, 0.3) is 5.91 Å². The highest BCUT2D eigenvalue weighted by atomic mass is 16.5. The van der Waals surface area contributed by atoms with E-state index in [1.54, 1.807) is 30.3 Å². The molecule has 0 aromatic heterocycles. The van der Waals surface area contributed by atoms with Gasteiger partial charge in [-0.2, -0.15) is 5.10 Å². The van der Waals surface area contributed by atoms with E-state index in [9.17, 15) is 14.4 Å². The Morgan fingerprint density at radius 1 is 0.892 bits per heavy atom. The van der Waals surface area contributed by atoms with Crippen LogP contribution in [0.15, 0.2) is 65.8 Å². The van der Waals surface area contributed by atoms with Gasteiger partial charge in [0, 0.05) is 11.4 Å². The van der Waals surface area contributed by atoms with Crippen LogP contribution >= 0.6 is 0 Å². The third-order valence-electron chi connectivity index (χ3n) is 5.52. The minimum atomic E-state index is -0.899. The van der Waals surface area contributed by atoms with Crippen LogP contribution in [0.1, 0.15) is 29.2 Å². The number of nitrogens with one attached hydrogen (secondary N) is 3. The fourth-order valence-electron chi connectivity index (χ4n) is 3.56. The van der Waals surface area contributed by atoms with Crippen LogP contribution in [-0.2, 0) is 20.8 Å². The zero-order valence-corrected chi connectivity index (χ0v) is 21.3. The number of nitrogens with zero attached hydrogens (tertiary/aromatic N) is 1. The first-order valence-corrected chi connectivity index (χ1v) is 11.7. The van der Waals surface area contributed by atoms with Crippen LogP contribution in [0.5, 0.6) is 11.5 Å². The molecule has 9 heteroatoms. The molecule has 0 spiro atoms. The quantitative estimate of drug-likeness (QED) is 0.232. The highest BCUT2D eigenvalue weighted by Gasteiger charge is 2.14. The summed E-state index contributed by atoms with van der Waals surface area (Å²) >= 11 is 0. The van der Waals surface area contributed by atoms with Gasteiger partial charge in [-0.1, -0.05) is 43.3 Å². The van der Waals surface area contributed by atoms with E-state index in [1.165, 1.54) is 13.3 Å². The molecule has 3 rings (SSSR count). The van der Waals surface area contributed by atoms with Gasteiger partial charge in [0.1, 0.15) is 0 Å². The molecule has 0 aliphatic rings. The van der Waals surface area contributed by atoms with Crippen molar-refractivity contribution in [3.05, 3.63) is 82.9 Å². The summed E-state index contributed by atoms with van der Waals surface area (Å²) in [5.41, 5.74) is 6.98. The molecule has 3 aromatic carbocycles. The van der Waals surface area contributed by atoms with E-state index >= 15 is 0 Å². The van der Waals surface area contributed by atoms with Gasteiger partial charge >= 0.3 is 11.8 Å². The number of hydrogen-bond donors (Lipinski definition) is 3. The summed E-state index contributed by atoms with van der Waals surface area (Å²) in [5.74, 6) is -1.27. The number of anilines is 2. The molecule has 3 aromatic rings. The van der Waals surface area contributed by atoms with Crippen molar-refractivity contribution in [2.75, 3.05) is 24.4 Å². The van der Waals surface area contributed by atoms with Crippen molar-refractivity contribution in [1.82, 2.24) is 5.43 Å². The maximum absolute atomic E-state index is 12.4. The number of benzene rings is 3. The SMILES string of the molecule is CCc1ccccc1NC(=O)C(=O)N/N=C\c1ccc(OCC(=O)Nc2c(C)cccc2C)c(OC)c1. The Kier molecular flexibility index (Phi) is 9.37. The van der Waals surface area contributed by atoms with E-state index in [0.717, 1.165) is 28.8 Å². The predicted octanol–water partition coefficient (Wildman–Crippen LogP) is 3.98. The van der Waals surface area contributed by atoms with Crippen molar-refractivity contribution in [2.45, 2.75) is 27.2 Å². The van der Waals surface area contributed by atoms with Crippen LogP contribution in [0.2, 0.25) is 0 Å². The summed E-state index contributed by atoms with van der Waals surface area (Å²) in [6, 6.07) is 18.0. The third-order valence-corrected chi connectivity index (χ3v) is 5.52. The number of carbonyl (C=O) groups excluding carboxylic acids is 3. The number of rotatable bonds is 9. The number of aryl methyl sites for hydroxylation is 3. The number of hydrogen-bond acceptors (Lipinski definition) is 6. The number of para-hydroxylation sites is 2. The first-order valence-electron chi connectivity index (χ1n) is 11.7. The molecule has 0 saturated heterocycles. The molecule has 0 radical (unpaired) electrons. The molecule has 0 aliphatic carbocycles. The summed E-state index contributed by atoms with van der Waals surface area (Å²) < 4.78 is 11.0. The Morgan fingerprint density at radius 2 is 1.62 bits per heavy atom. The number of methoxy groups -OCH3 is 1. The molecular weight excluding hydrogens is 472 g/mol. The Balaban J connectivity index is 1.55. The lowest BCUT2D eigenvalue weighted by molar-refractivity contribution is -0.136. The highest BCUT2D eigenvalue weighted by molar-refractivity contribution is 6.39. The van der Waals surface area contributed by atoms with Gasteiger partial charge in [0.05, 0.1) is 13.3 Å². The minimum Gasteiger partial charge on any atom is -0.493 e. The smallest absolute Gasteiger partial charge is 0.329 e. The Bertz CT molecular complexity index is 1300. The van der Waals surface area contributed by atoms with Crippen molar-refractivity contribution in [3.63, 3.8) is 0 Å². The van der Waals surface area contributed by atoms with Crippen LogP contribution in [0, 0.1) is 13.8 Å². The van der Waals surface area contributed by atoms with Gasteiger partial charge in [-0.3, -0.25) is 14.4 Å². The van der Waals surface area contributed by atoms with E-state index in [2.05, 4.69) is 21.2 Å². The third kappa shape index (κ3) is 7.41. The van der Waals surface area contributed by atoms with E-state index in [4.69, 9.17) is 9.47 Å². The maximum Gasteiger partial charge on any atom is 0.329 e. The van der Waals surface area contributed by atoms with Crippen LogP contribution in [0.4, 0.5) is 11.4 Å². The fraction of sp³-hybridized carbons (Fsp3) is 0.214. The van der Waals surface area contributed by atoms with Gasteiger partial charge in [0.15, 0.2) is 18.1 Å². The van der Waals surface area contributed by atoms with Crippen LogP contribution in [-0.4, -0.2) is 37.7 Å². The summed E-state index contributed by atoms with van der Waals surface area (Å²) in [6.07, 6.45) is 2.08. The zero-order valence-electron chi connectivity index (χ0n) is 21.3. The first-order chi connectivity index (χ1) is 17.8. The fourth-order valence-corrected chi connectivity index (χ4v) is 3.56. The summed E-state index contributed by atoms with van der Waals surface area (Å²) in [7, 11) is 1.47. The first kappa shape index (κ1) is 26.9. The minimum absolute atomic E-state index is 0.204. The van der Waals surface area contributed by atoms with E-state index in [1.807, 2.05) is 51.1 Å². The molecule has 0 fully saturated rings. The molecule has 0 heterocycles. The molecule has 0 bridgehead atoms. The maximum atomic E-state index is 12.4. The summed E-state index contributed by atoms with van der Waals surface area (Å²) in [6.45, 7) is 5.60. The lowest BCUT2D eigenvalue weighted by Crippen LogP contribution is -2.32. The van der Waals surface area contributed by atoms with Gasteiger partial charge in [-0.05, 0) is 66.8 Å². The van der Waals surface area contributed by atoms with Crippen molar-refractivity contribution >= 4 is 35.3 Å². The lowest BCUT2D eigenvalue weighted by Gasteiger charge is -2.13. The molecule has 0 atom stereocenters. The normalized spacial score (nSPS) is 10.6. The topological polar surface area (TPSA) is 118 Å². The van der Waals surface area contributed by atoms with Crippen molar-refractivity contribution < 1.29 is 23.9 Å². The monoisotopic (exact) mass is 502 g/mol. The summed E-state index contributed by atoms with van der Waals surface area (Å²) in [4.78, 5) is 36.7. The second kappa shape index (κ2) is 12.9. The molecule has 3 amide bonds. The van der Waals surface area contributed by atoms with E-state index < -0.39 is 11.8 Å². The van der Waals surface area contributed by atoms with Gasteiger partial charge < -0.3 is 20.1 Å². The number of ether oxygens (including phenoxy) is 2. The van der Waals surface area contributed by atoms with Crippen molar-refractivity contribution in [3.8, 4) is 11.5 Å². The standard InChI is InChI=1S/C28H30N4O5/c1-5-21-11-6-7-12-22(21)30-27(34)28(35)32-29-16-20-13-14-23(24(15-20)36-4)37-17-25(33)31-26-18(2)9-8-10-19(26)3/h6-16H,5,17H2,1-4H3,(H,30,34)(H,31,33)(H,32,35)/b29-16-. The average molecular weight is 503 g/mol. The molecular formula is C28H30N4O5. The van der Waals surface area contributed by atoms with Gasteiger partial charge in [0.2, 0.25) is 0 Å². The molecule has 0 saturated carbocycles. The van der Waals surface area contributed by atoms with Crippen LogP contribution in [0.25, 0.3) is 0 Å². The number of amides is 3. The predicted molar refractivity (Wildman–Crippen MR) is 143 cm³/mol. The van der Waals surface area contributed by atoms with Gasteiger partial charge in [-0.15, -0.1) is 0 Å². The Labute approximate surface area is 215 Å². The van der Waals surface area contributed by atoms with Crippen molar-refractivity contribution in [1.29, 1.82) is 0 Å². The van der Waals surface area contributed by atoms with Gasteiger partial charge in [-0.25, -0.2) is 5.43 Å². The van der Waals surface area contributed by atoms with E-state index in [0.29, 0.717) is 22.7 Å². The molecule has 0 aliphatic heterocycles. The average Bonchev–Trinajstić information content (AvgIpc) is 2.90. The molecule has 0 unspecified atom stereocenters. The Morgan fingerprint density at radius 3 is 2.32 bits per heavy atom. The lowest BCUT2D eigenvalue weighted by atomic mass is 10.1. The second-order valence-electron chi connectivity index (χ2n) is 8.18. The molecule has 9 nitrogen and oxygen atoms in total. The second-order valence-corrected chi connectivity index (χ2v) is 8.18. The number of hydrazone groups is 1. The van der Waals surface area contributed by atoms with E-state index in [-0.39, 0.29) is 12.5 Å². The number of carbonyl (C=O) groups is 3. The molecule has 192 valence electrons. The Hall–Kier alpha value is -4.66. The van der Waals surface area contributed by atoms with Crippen molar-refractivity contribution in [2.24, 2.45) is 5.10 Å². The highest BCUT2D eigenvalue weighted by Crippen LogP contribution is 2.28. The molecule has 3 N–H and O–H groups in total. The summed E-state index contributed by atoms with van der Waals surface area (Å²) in [5, 5.41) is 9.30. The van der Waals surface area contributed by atoms with Crippen LogP contribution < -0.4 is 25.5 Å². The van der Waals surface area contributed by atoms with Crippen LogP contribution in [0.3, 0.4) is 0 Å². The zero-order chi connectivity index (χ0) is 26.8.